The summed E-state index contributed by atoms with van der Waals surface area (Å²) in [5.41, 5.74) is 1.70. The van der Waals surface area contributed by atoms with E-state index in [1.165, 1.54) is 6.07 Å². The summed E-state index contributed by atoms with van der Waals surface area (Å²) in [4.78, 5) is 2.29. The summed E-state index contributed by atoms with van der Waals surface area (Å²) in [6.07, 6.45) is 0. The van der Waals surface area contributed by atoms with E-state index in [0.29, 0.717) is 5.39 Å². The van der Waals surface area contributed by atoms with Crippen LogP contribution in [-0.4, -0.2) is 44.8 Å². The van der Waals surface area contributed by atoms with Crippen LogP contribution in [0.1, 0.15) is 0 Å². The third-order valence-electron chi connectivity index (χ3n) is 4.38. The van der Waals surface area contributed by atoms with E-state index in [4.69, 9.17) is 11.6 Å². The molecule has 0 radical (unpaired) electrons. The van der Waals surface area contributed by atoms with Crippen LogP contribution in [0.25, 0.3) is 10.9 Å². The summed E-state index contributed by atoms with van der Waals surface area (Å²) in [7, 11) is -3.81. The Morgan fingerprint density at radius 1 is 1.04 bits per heavy atom. The van der Waals surface area contributed by atoms with Gasteiger partial charge in [-0.3, -0.25) is 5.10 Å². The molecule has 2 N–H and O–H groups in total. The molecule has 1 fully saturated rings. The molecule has 0 unspecified atom stereocenters. The minimum absolute atomic E-state index is 0.00702. The molecule has 0 spiro atoms. The van der Waals surface area contributed by atoms with E-state index >= 15 is 0 Å². The van der Waals surface area contributed by atoms with E-state index in [1.54, 1.807) is 24.3 Å². The second-order valence-electron chi connectivity index (χ2n) is 5.90. The Labute approximate surface area is 150 Å². The maximum Gasteiger partial charge on any atom is 0.227 e. The number of H-pyrrole nitrogens is 1. The fourth-order valence-corrected chi connectivity index (χ4v) is 5.00. The monoisotopic (exact) mass is 376 g/mol. The molecule has 4 rings (SSSR count). The van der Waals surface area contributed by atoms with Crippen LogP contribution in [0, 0.1) is 0 Å². The van der Waals surface area contributed by atoms with Gasteiger partial charge in [-0.05, 0) is 24.3 Å². The molecule has 3 aromatic rings. The predicted octanol–water partition coefficient (Wildman–Crippen LogP) is 2.46. The third kappa shape index (κ3) is 2.78. The van der Waals surface area contributed by atoms with Crippen molar-refractivity contribution in [2.45, 2.75) is 9.92 Å². The Hall–Kier alpha value is -2.09. The summed E-state index contributed by atoms with van der Waals surface area (Å²) < 4.78 is 26.1. The molecule has 1 aliphatic heterocycles. The molecular formula is C17H17ClN4O2S. The van der Waals surface area contributed by atoms with Gasteiger partial charge in [0, 0.05) is 31.6 Å². The number of hydrogen-bond donors (Lipinski definition) is 2. The number of benzene rings is 2. The molecule has 1 saturated heterocycles. The van der Waals surface area contributed by atoms with Gasteiger partial charge >= 0.3 is 0 Å². The number of para-hydroxylation sites is 1. The lowest BCUT2D eigenvalue weighted by Crippen LogP contribution is -2.43. The lowest BCUT2D eigenvalue weighted by atomic mass is 10.2. The summed E-state index contributed by atoms with van der Waals surface area (Å²) in [6.45, 7) is 3.53. The second kappa shape index (κ2) is 6.33. The first-order valence-electron chi connectivity index (χ1n) is 8.01. The van der Waals surface area contributed by atoms with Gasteiger partial charge in [0.2, 0.25) is 9.84 Å². The molecule has 0 amide bonds. The first-order chi connectivity index (χ1) is 12.1. The number of sulfone groups is 1. The van der Waals surface area contributed by atoms with Crippen molar-refractivity contribution in [1.29, 1.82) is 0 Å². The maximum absolute atomic E-state index is 13.0. The van der Waals surface area contributed by atoms with Gasteiger partial charge in [0.25, 0.3) is 0 Å². The minimum atomic E-state index is -3.81. The van der Waals surface area contributed by atoms with Crippen molar-refractivity contribution in [1.82, 2.24) is 15.5 Å². The van der Waals surface area contributed by atoms with Gasteiger partial charge in [-0.1, -0.05) is 29.8 Å². The van der Waals surface area contributed by atoms with E-state index in [1.807, 2.05) is 12.1 Å². The van der Waals surface area contributed by atoms with Crippen LogP contribution >= 0.6 is 11.6 Å². The van der Waals surface area contributed by atoms with Gasteiger partial charge in [-0.25, -0.2) is 8.42 Å². The van der Waals surface area contributed by atoms with Crippen molar-refractivity contribution >= 4 is 38.0 Å². The lowest BCUT2D eigenvalue weighted by Gasteiger charge is -2.29. The normalized spacial score (nSPS) is 15.6. The molecule has 0 atom stereocenters. The van der Waals surface area contributed by atoms with Crippen LogP contribution < -0.4 is 10.2 Å². The summed E-state index contributed by atoms with van der Waals surface area (Å²) in [5, 5.41) is 11.1. The van der Waals surface area contributed by atoms with Gasteiger partial charge in [-0.2, -0.15) is 5.10 Å². The quantitative estimate of drug-likeness (QED) is 0.734. The van der Waals surface area contributed by atoms with E-state index in [0.717, 1.165) is 37.4 Å². The van der Waals surface area contributed by atoms with E-state index in [9.17, 15) is 8.42 Å². The topological polar surface area (TPSA) is 78.1 Å². The van der Waals surface area contributed by atoms with Crippen molar-refractivity contribution in [2.24, 2.45) is 0 Å². The van der Waals surface area contributed by atoms with Crippen molar-refractivity contribution in [3.8, 4) is 0 Å². The number of nitrogens with one attached hydrogen (secondary N) is 2. The number of rotatable bonds is 3. The standard InChI is InChI=1S/C17H17ClN4O2S/c18-13-5-1-2-7-15(13)25(23,24)17-12-4-3-6-14(16(12)20-21-17)22-10-8-19-9-11-22/h1-7,19H,8-11H2,(H,20,21). The first kappa shape index (κ1) is 16.4. The highest BCUT2D eigenvalue weighted by atomic mass is 35.5. The number of nitrogens with zero attached hydrogens (tertiary/aromatic N) is 2. The smallest absolute Gasteiger partial charge is 0.227 e. The number of piperazine rings is 1. The zero-order valence-electron chi connectivity index (χ0n) is 13.4. The van der Waals surface area contributed by atoms with Crippen molar-refractivity contribution < 1.29 is 8.42 Å². The first-order valence-corrected chi connectivity index (χ1v) is 9.87. The average Bonchev–Trinajstić information content (AvgIpc) is 3.07. The number of aromatic amines is 1. The van der Waals surface area contributed by atoms with E-state index in [2.05, 4.69) is 20.4 Å². The van der Waals surface area contributed by atoms with Gasteiger partial charge < -0.3 is 10.2 Å². The maximum atomic E-state index is 13.0. The van der Waals surface area contributed by atoms with Gasteiger partial charge in [0.1, 0.15) is 0 Å². The zero-order chi connectivity index (χ0) is 17.4. The van der Waals surface area contributed by atoms with Crippen molar-refractivity contribution in [3.63, 3.8) is 0 Å². The number of anilines is 1. The van der Waals surface area contributed by atoms with Gasteiger partial charge in [-0.15, -0.1) is 0 Å². The van der Waals surface area contributed by atoms with Crippen LogP contribution in [-0.2, 0) is 9.84 Å². The third-order valence-corrected chi connectivity index (χ3v) is 6.58. The van der Waals surface area contributed by atoms with Gasteiger partial charge in [0.15, 0.2) is 5.03 Å². The van der Waals surface area contributed by atoms with Gasteiger partial charge in [0.05, 0.1) is 21.1 Å². The predicted molar refractivity (Wildman–Crippen MR) is 98.1 cm³/mol. The molecule has 2 aromatic carbocycles. The zero-order valence-corrected chi connectivity index (χ0v) is 14.9. The average molecular weight is 377 g/mol. The Balaban J connectivity index is 1.86. The van der Waals surface area contributed by atoms with Crippen LogP contribution in [0.15, 0.2) is 52.4 Å². The molecule has 2 heterocycles. The molecule has 6 nitrogen and oxygen atoms in total. The highest BCUT2D eigenvalue weighted by Crippen LogP contribution is 2.33. The molecule has 8 heteroatoms. The van der Waals surface area contributed by atoms with E-state index in [-0.39, 0.29) is 14.9 Å². The Morgan fingerprint density at radius 3 is 2.56 bits per heavy atom. The van der Waals surface area contributed by atoms with Crippen LogP contribution in [0.5, 0.6) is 0 Å². The Morgan fingerprint density at radius 2 is 1.80 bits per heavy atom. The fourth-order valence-electron chi connectivity index (χ4n) is 3.14. The molecule has 0 aliphatic carbocycles. The number of aromatic nitrogens is 2. The molecule has 0 saturated carbocycles. The molecule has 0 bridgehead atoms. The highest BCUT2D eigenvalue weighted by molar-refractivity contribution is 7.91. The molecule has 25 heavy (non-hydrogen) atoms. The fraction of sp³-hybridized carbons (Fsp3) is 0.235. The van der Waals surface area contributed by atoms with E-state index < -0.39 is 9.84 Å². The summed E-state index contributed by atoms with van der Waals surface area (Å²) in [6, 6.07) is 12.0. The molecule has 1 aromatic heterocycles. The second-order valence-corrected chi connectivity index (χ2v) is 8.14. The number of hydrogen-bond acceptors (Lipinski definition) is 5. The van der Waals surface area contributed by atoms with Crippen molar-refractivity contribution in [3.05, 3.63) is 47.5 Å². The molecule has 1 aliphatic rings. The largest absolute Gasteiger partial charge is 0.367 e. The lowest BCUT2D eigenvalue weighted by molar-refractivity contribution is 0.590. The Kier molecular flexibility index (Phi) is 4.15. The summed E-state index contributed by atoms with van der Waals surface area (Å²) >= 11 is 6.10. The highest BCUT2D eigenvalue weighted by Gasteiger charge is 2.27. The van der Waals surface area contributed by atoms with Crippen LogP contribution in [0.3, 0.4) is 0 Å². The van der Waals surface area contributed by atoms with Crippen LogP contribution in [0.4, 0.5) is 5.69 Å². The SMILES string of the molecule is O=S(=O)(c1ccccc1Cl)c1n[nH]c2c(N3CCNCC3)cccc12. The van der Waals surface area contributed by atoms with Crippen molar-refractivity contribution in [2.75, 3.05) is 31.1 Å². The van der Waals surface area contributed by atoms with Crippen LogP contribution in [0.2, 0.25) is 5.02 Å². The molecule has 130 valence electrons. The number of fused-ring (bicyclic) bond motifs is 1. The molecular weight excluding hydrogens is 360 g/mol. The summed E-state index contributed by atoms with van der Waals surface area (Å²) in [5.74, 6) is 0. The number of halogens is 1. The Bertz CT molecular complexity index is 1030. The minimum Gasteiger partial charge on any atom is -0.367 e.